The summed E-state index contributed by atoms with van der Waals surface area (Å²) in [5.74, 6) is 4.58. The van der Waals surface area contributed by atoms with Crippen LogP contribution in [0.25, 0.3) is 0 Å². The molecule has 2 aliphatic carbocycles. The lowest BCUT2D eigenvalue weighted by Crippen LogP contribution is -2.28. The molecule has 5 nitrogen and oxygen atoms in total. The topological polar surface area (TPSA) is 57.3 Å². The van der Waals surface area contributed by atoms with Crippen LogP contribution in [-0.2, 0) is 9.47 Å². The Morgan fingerprint density at radius 2 is 1.11 bits per heavy atom. The zero-order valence-corrected chi connectivity index (χ0v) is 29.0. The summed E-state index contributed by atoms with van der Waals surface area (Å²) in [6.45, 7) is 5.29. The van der Waals surface area contributed by atoms with Crippen LogP contribution in [-0.4, -0.2) is 25.2 Å². The van der Waals surface area contributed by atoms with Crippen LogP contribution in [0, 0.1) is 23.7 Å². The third-order valence-electron chi connectivity index (χ3n) is 11.0. The van der Waals surface area contributed by atoms with Gasteiger partial charge in [-0.3, -0.25) is 0 Å². The van der Waals surface area contributed by atoms with Gasteiger partial charge in [-0.2, -0.15) is 0 Å². The molecule has 0 amide bonds. The van der Waals surface area contributed by atoms with Crippen molar-refractivity contribution in [3.8, 4) is 11.5 Å². The first-order valence-corrected chi connectivity index (χ1v) is 19.4. The van der Waals surface area contributed by atoms with Crippen LogP contribution >= 0.6 is 0 Å². The van der Waals surface area contributed by atoms with Crippen LogP contribution in [0.15, 0.2) is 24.3 Å². The molecule has 4 rings (SSSR count). The number of hydrogen-bond donors (Lipinski definition) is 0. The first-order valence-electron chi connectivity index (χ1n) is 19.4. The molecule has 0 N–H and O–H groups in total. The Labute approximate surface area is 275 Å². The van der Waals surface area contributed by atoms with Crippen molar-refractivity contribution in [1.82, 2.24) is 0 Å². The minimum atomic E-state index is -0.683. The zero-order chi connectivity index (χ0) is 31.5. The van der Waals surface area contributed by atoms with E-state index in [1.807, 2.05) is 12.1 Å². The number of rotatable bonds is 22. The largest absolute Gasteiger partial charge is 0.516 e. The predicted molar refractivity (Wildman–Crippen MR) is 184 cm³/mol. The van der Waals surface area contributed by atoms with E-state index in [-0.39, 0.29) is 6.10 Å². The van der Waals surface area contributed by atoms with Gasteiger partial charge in [0.2, 0.25) is 6.29 Å². The lowest BCUT2D eigenvalue weighted by molar-refractivity contribution is 0.0561. The average molecular weight is 627 g/mol. The second-order valence-electron chi connectivity index (χ2n) is 14.6. The molecule has 2 saturated carbocycles. The molecule has 45 heavy (non-hydrogen) atoms. The molecule has 3 aliphatic rings. The fourth-order valence-electron chi connectivity index (χ4n) is 8.07. The molecule has 1 aromatic carbocycles. The van der Waals surface area contributed by atoms with Crippen molar-refractivity contribution in [3.05, 3.63) is 24.3 Å². The lowest BCUT2D eigenvalue weighted by Gasteiger charge is -2.37. The van der Waals surface area contributed by atoms with Crippen LogP contribution in [0.5, 0.6) is 11.5 Å². The minimum Gasteiger partial charge on any atom is -0.494 e. The standard InChI is InChI=1S/C40H66O5/c1-3-5-7-9-10-11-12-13-15-17-31-42-36-27-29-37(30-28-36)43-40(41)45-39-38(44-39)35-25-23-34(24-26-35)33-21-19-32(20-22-33)18-16-14-8-6-4-2/h27-30,32-35,38-39H,3-26,31H2,1-2H3/t32?,33?,34?,35?,38-,39+/m0/s1. The van der Waals surface area contributed by atoms with Crippen LogP contribution < -0.4 is 9.47 Å². The van der Waals surface area contributed by atoms with Gasteiger partial charge in [0, 0.05) is 0 Å². The smallest absolute Gasteiger partial charge is 0.494 e. The van der Waals surface area contributed by atoms with Gasteiger partial charge in [0.1, 0.15) is 17.6 Å². The van der Waals surface area contributed by atoms with Gasteiger partial charge < -0.3 is 18.9 Å². The van der Waals surface area contributed by atoms with Crippen molar-refractivity contribution in [1.29, 1.82) is 0 Å². The minimum absolute atomic E-state index is 0.0449. The van der Waals surface area contributed by atoms with Gasteiger partial charge in [0.15, 0.2) is 0 Å². The molecule has 256 valence electrons. The molecule has 1 aromatic rings. The Morgan fingerprint density at radius 1 is 0.622 bits per heavy atom. The van der Waals surface area contributed by atoms with E-state index in [9.17, 15) is 4.79 Å². The quantitative estimate of drug-likeness (QED) is 0.0554. The molecule has 3 fully saturated rings. The summed E-state index contributed by atoms with van der Waals surface area (Å²) in [5, 5.41) is 0. The Kier molecular flexibility index (Phi) is 17.0. The van der Waals surface area contributed by atoms with Gasteiger partial charge >= 0.3 is 6.16 Å². The first-order chi connectivity index (χ1) is 22.2. The maximum absolute atomic E-state index is 12.4. The number of epoxide rings is 1. The van der Waals surface area contributed by atoms with Crippen molar-refractivity contribution in [2.24, 2.45) is 23.7 Å². The van der Waals surface area contributed by atoms with E-state index in [4.69, 9.17) is 18.9 Å². The van der Waals surface area contributed by atoms with Gasteiger partial charge in [-0.1, -0.05) is 123 Å². The van der Waals surface area contributed by atoms with E-state index in [1.165, 1.54) is 148 Å². The SMILES string of the molecule is CCCCCCCCCCCCOc1ccc(OC(=O)O[C@H]2O[C@H]2C2CCC(C3CCC(CCCCCCC)CC3)CC2)cc1. The average Bonchev–Trinajstić information content (AvgIpc) is 3.83. The predicted octanol–water partition coefficient (Wildman–Crippen LogP) is 12.2. The summed E-state index contributed by atoms with van der Waals surface area (Å²) in [4.78, 5) is 12.4. The number of carbonyl (C=O) groups excluding carboxylic acids is 1. The highest BCUT2D eigenvalue weighted by Crippen LogP contribution is 2.46. The van der Waals surface area contributed by atoms with E-state index in [2.05, 4.69) is 13.8 Å². The molecule has 0 radical (unpaired) electrons. The summed E-state index contributed by atoms with van der Waals surface area (Å²) in [7, 11) is 0. The number of ether oxygens (including phenoxy) is 4. The van der Waals surface area contributed by atoms with Crippen LogP contribution in [0.2, 0.25) is 0 Å². The van der Waals surface area contributed by atoms with Crippen LogP contribution in [0.1, 0.15) is 168 Å². The van der Waals surface area contributed by atoms with Crippen LogP contribution in [0.3, 0.4) is 0 Å². The van der Waals surface area contributed by atoms with Gasteiger partial charge in [0.05, 0.1) is 6.61 Å². The molecule has 0 bridgehead atoms. The summed E-state index contributed by atoms with van der Waals surface area (Å²) >= 11 is 0. The zero-order valence-electron chi connectivity index (χ0n) is 29.0. The van der Waals surface area contributed by atoms with E-state index in [0.717, 1.165) is 36.5 Å². The fourth-order valence-corrected chi connectivity index (χ4v) is 8.07. The highest BCUT2D eigenvalue weighted by Gasteiger charge is 2.49. The molecule has 2 atom stereocenters. The number of benzene rings is 1. The molecular weight excluding hydrogens is 560 g/mol. The molecule has 5 heteroatoms. The third kappa shape index (κ3) is 13.9. The third-order valence-corrected chi connectivity index (χ3v) is 11.0. The van der Waals surface area contributed by atoms with Gasteiger partial charge in [0.25, 0.3) is 0 Å². The molecular formula is C40H66O5. The fraction of sp³-hybridized carbons (Fsp3) is 0.825. The second-order valence-corrected chi connectivity index (χ2v) is 14.6. The molecule has 1 heterocycles. The van der Waals surface area contributed by atoms with Crippen molar-refractivity contribution < 1.29 is 23.7 Å². The Hall–Kier alpha value is -1.75. The summed E-state index contributed by atoms with van der Waals surface area (Å²) in [6.07, 6.45) is 31.4. The molecule has 0 unspecified atom stereocenters. The summed E-state index contributed by atoms with van der Waals surface area (Å²) < 4.78 is 22.6. The molecule has 1 aliphatic heterocycles. The molecule has 1 saturated heterocycles. The van der Waals surface area contributed by atoms with Crippen molar-refractivity contribution in [2.45, 2.75) is 180 Å². The van der Waals surface area contributed by atoms with Gasteiger partial charge in [-0.15, -0.1) is 0 Å². The maximum Gasteiger partial charge on any atom is 0.516 e. The van der Waals surface area contributed by atoms with Gasteiger partial charge in [-0.25, -0.2) is 4.79 Å². The highest BCUT2D eigenvalue weighted by molar-refractivity contribution is 5.64. The van der Waals surface area contributed by atoms with E-state index in [1.54, 1.807) is 12.1 Å². The van der Waals surface area contributed by atoms with Crippen molar-refractivity contribution in [2.75, 3.05) is 6.61 Å². The number of unbranched alkanes of at least 4 members (excludes halogenated alkanes) is 13. The Balaban J connectivity index is 1.00. The maximum atomic E-state index is 12.4. The van der Waals surface area contributed by atoms with Crippen molar-refractivity contribution in [3.63, 3.8) is 0 Å². The molecule has 0 spiro atoms. The van der Waals surface area contributed by atoms with Crippen molar-refractivity contribution >= 4 is 6.16 Å². The highest BCUT2D eigenvalue weighted by atomic mass is 16.8. The second kappa shape index (κ2) is 21.2. The van der Waals surface area contributed by atoms with Gasteiger partial charge in [-0.05, 0) is 92.9 Å². The van der Waals surface area contributed by atoms with E-state index in [0.29, 0.717) is 11.7 Å². The summed E-state index contributed by atoms with van der Waals surface area (Å²) in [5.41, 5.74) is 0. The van der Waals surface area contributed by atoms with Crippen LogP contribution in [0.4, 0.5) is 4.79 Å². The first kappa shape index (κ1) is 36.1. The van der Waals surface area contributed by atoms with E-state index < -0.39 is 12.4 Å². The van der Waals surface area contributed by atoms with E-state index >= 15 is 0 Å². The number of hydrogen-bond acceptors (Lipinski definition) is 5. The Morgan fingerprint density at radius 3 is 1.71 bits per heavy atom. The number of carbonyl (C=O) groups is 1. The summed E-state index contributed by atoms with van der Waals surface area (Å²) in [6, 6.07) is 7.25. The molecule has 0 aromatic heterocycles. The monoisotopic (exact) mass is 626 g/mol. The lowest BCUT2D eigenvalue weighted by atomic mass is 9.68. The Bertz CT molecular complexity index is 900. The normalized spacial score (nSPS) is 26.4.